The van der Waals surface area contributed by atoms with Crippen LogP contribution in [0.3, 0.4) is 0 Å². The zero-order valence-electron chi connectivity index (χ0n) is 12.7. The summed E-state index contributed by atoms with van der Waals surface area (Å²) >= 11 is 0. The van der Waals surface area contributed by atoms with E-state index in [9.17, 15) is 0 Å². The molecule has 0 saturated heterocycles. The van der Waals surface area contributed by atoms with Crippen LogP contribution in [0, 0.1) is 0 Å². The highest BCUT2D eigenvalue weighted by atomic mass is 16.5. The van der Waals surface area contributed by atoms with Gasteiger partial charge in [0.25, 0.3) is 0 Å². The van der Waals surface area contributed by atoms with Crippen LogP contribution < -0.4 is 5.32 Å². The van der Waals surface area contributed by atoms with Gasteiger partial charge < -0.3 is 14.8 Å². The predicted octanol–water partition coefficient (Wildman–Crippen LogP) is 2.68. The summed E-state index contributed by atoms with van der Waals surface area (Å²) < 4.78 is 12.5. The summed E-state index contributed by atoms with van der Waals surface area (Å²) in [5.74, 6) is 0. The number of hydrogen-bond acceptors (Lipinski definition) is 4. The van der Waals surface area contributed by atoms with E-state index >= 15 is 0 Å². The molecule has 114 valence electrons. The number of nitrogens with one attached hydrogen (secondary N) is 1. The molecule has 1 N–H and O–H groups in total. The second kappa shape index (κ2) is 8.44. The second-order valence-corrected chi connectivity index (χ2v) is 4.74. The Morgan fingerprint density at radius 2 is 2.14 bits per heavy atom. The van der Waals surface area contributed by atoms with Crippen LogP contribution in [0.1, 0.15) is 18.2 Å². The number of benzene rings is 1. The minimum Gasteiger partial charge on any atom is -0.382 e. The molecule has 0 amide bonds. The lowest BCUT2D eigenvalue weighted by Gasteiger charge is -2.10. The Bertz CT molecular complexity index is 540. The summed E-state index contributed by atoms with van der Waals surface area (Å²) in [6.07, 6.45) is 1.83. The van der Waals surface area contributed by atoms with E-state index in [0.29, 0.717) is 19.8 Å². The summed E-state index contributed by atoms with van der Waals surface area (Å²) in [6, 6.07) is 10.3. The molecule has 5 nitrogen and oxygen atoms in total. The van der Waals surface area contributed by atoms with Crippen molar-refractivity contribution in [2.45, 2.75) is 26.6 Å². The Morgan fingerprint density at radius 1 is 1.24 bits per heavy atom. The predicted molar refractivity (Wildman–Crippen MR) is 83.2 cm³/mol. The lowest BCUT2D eigenvalue weighted by molar-refractivity contribution is 0.0617. The number of hydrogen-bond donors (Lipinski definition) is 1. The van der Waals surface area contributed by atoms with Crippen LogP contribution in [0.2, 0.25) is 0 Å². The Balaban J connectivity index is 1.86. The molecular weight excluding hydrogens is 266 g/mol. The van der Waals surface area contributed by atoms with E-state index in [-0.39, 0.29) is 0 Å². The normalized spacial score (nSPS) is 10.8. The maximum absolute atomic E-state index is 5.54. The number of aromatic nitrogens is 2. The number of rotatable bonds is 9. The first-order valence-electron chi connectivity index (χ1n) is 7.23. The monoisotopic (exact) mass is 289 g/mol. The maximum Gasteiger partial charge on any atom is 0.0718 e. The highest BCUT2D eigenvalue weighted by Gasteiger charge is 2.01. The van der Waals surface area contributed by atoms with E-state index in [2.05, 4.69) is 35.5 Å². The molecule has 0 spiro atoms. The van der Waals surface area contributed by atoms with Gasteiger partial charge in [0.2, 0.25) is 0 Å². The molecule has 2 aromatic rings. The van der Waals surface area contributed by atoms with Crippen LogP contribution >= 0.6 is 0 Å². The van der Waals surface area contributed by atoms with Gasteiger partial charge in [-0.15, -0.1) is 0 Å². The molecule has 0 radical (unpaired) electrons. The number of nitrogens with zero attached hydrogens (tertiary/aromatic N) is 2. The van der Waals surface area contributed by atoms with Gasteiger partial charge in [0, 0.05) is 25.5 Å². The molecule has 21 heavy (non-hydrogen) atoms. The van der Waals surface area contributed by atoms with E-state index in [4.69, 9.17) is 9.47 Å². The number of aryl methyl sites for hydroxylation is 1. The Kier molecular flexibility index (Phi) is 6.24. The fourth-order valence-electron chi connectivity index (χ4n) is 2.09. The third-order valence-electron chi connectivity index (χ3n) is 3.21. The van der Waals surface area contributed by atoms with Crippen LogP contribution in [0.25, 0.3) is 0 Å². The summed E-state index contributed by atoms with van der Waals surface area (Å²) in [4.78, 5) is 0. The van der Waals surface area contributed by atoms with E-state index in [1.54, 1.807) is 7.11 Å². The minimum absolute atomic E-state index is 0.603. The first-order valence-corrected chi connectivity index (χ1v) is 7.23. The highest BCUT2D eigenvalue weighted by molar-refractivity contribution is 5.45. The van der Waals surface area contributed by atoms with Crippen molar-refractivity contribution in [3.05, 3.63) is 47.8 Å². The van der Waals surface area contributed by atoms with Crippen molar-refractivity contribution < 1.29 is 9.47 Å². The van der Waals surface area contributed by atoms with E-state index < -0.39 is 0 Å². The van der Waals surface area contributed by atoms with Crippen molar-refractivity contribution in [1.29, 1.82) is 0 Å². The van der Waals surface area contributed by atoms with Crippen molar-refractivity contribution in [1.82, 2.24) is 9.78 Å². The third-order valence-corrected chi connectivity index (χ3v) is 3.21. The first-order chi connectivity index (χ1) is 10.3. The van der Waals surface area contributed by atoms with Gasteiger partial charge in [-0.3, -0.25) is 4.68 Å². The van der Waals surface area contributed by atoms with Crippen molar-refractivity contribution in [2.75, 3.05) is 25.6 Å². The van der Waals surface area contributed by atoms with Crippen LogP contribution in [0.5, 0.6) is 0 Å². The number of anilines is 1. The molecule has 2 rings (SSSR count). The minimum atomic E-state index is 0.603. The third kappa shape index (κ3) is 4.88. The van der Waals surface area contributed by atoms with Crippen molar-refractivity contribution in [2.24, 2.45) is 0 Å². The van der Waals surface area contributed by atoms with Crippen molar-refractivity contribution in [3.8, 4) is 0 Å². The lowest BCUT2D eigenvalue weighted by atomic mass is 10.2. The first kappa shape index (κ1) is 15.5. The number of methoxy groups -OCH3 is 1. The van der Waals surface area contributed by atoms with Gasteiger partial charge >= 0.3 is 0 Å². The summed E-state index contributed by atoms with van der Waals surface area (Å²) in [5.41, 5.74) is 3.42. The molecule has 0 unspecified atom stereocenters. The molecule has 0 fully saturated rings. The second-order valence-electron chi connectivity index (χ2n) is 4.74. The van der Waals surface area contributed by atoms with E-state index in [0.717, 1.165) is 24.3 Å². The largest absolute Gasteiger partial charge is 0.382 e. The summed E-state index contributed by atoms with van der Waals surface area (Å²) in [7, 11) is 1.68. The molecule has 1 aromatic heterocycles. The molecule has 0 saturated carbocycles. The molecule has 0 aliphatic rings. The highest BCUT2D eigenvalue weighted by Crippen LogP contribution is 2.13. The van der Waals surface area contributed by atoms with Crippen LogP contribution in [-0.4, -0.2) is 30.1 Å². The van der Waals surface area contributed by atoms with Gasteiger partial charge in [-0.05, 0) is 30.7 Å². The summed E-state index contributed by atoms with van der Waals surface area (Å²) in [6.45, 7) is 5.59. The van der Waals surface area contributed by atoms with Gasteiger partial charge in [-0.1, -0.05) is 12.1 Å². The van der Waals surface area contributed by atoms with Crippen molar-refractivity contribution >= 4 is 5.69 Å². The van der Waals surface area contributed by atoms with Gasteiger partial charge in [-0.2, -0.15) is 5.10 Å². The van der Waals surface area contributed by atoms with Gasteiger partial charge in [0.1, 0.15) is 0 Å². The Hall–Kier alpha value is -1.85. The molecule has 0 aliphatic carbocycles. The zero-order valence-corrected chi connectivity index (χ0v) is 12.7. The fraction of sp³-hybridized carbons (Fsp3) is 0.438. The SMILES string of the molecule is CCn1nccc1CNc1cccc(COCCOC)c1. The molecule has 1 aromatic carbocycles. The molecular formula is C16H23N3O2. The average Bonchev–Trinajstić information content (AvgIpc) is 2.97. The lowest BCUT2D eigenvalue weighted by Crippen LogP contribution is -2.08. The van der Waals surface area contributed by atoms with E-state index in [1.165, 1.54) is 5.69 Å². The Labute approximate surface area is 125 Å². The molecule has 1 heterocycles. The summed E-state index contributed by atoms with van der Waals surface area (Å²) in [5, 5.41) is 7.69. The maximum atomic E-state index is 5.54. The van der Waals surface area contributed by atoms with E-state index in [1.807, 2.05) is 23.0 Å². The molecule has 0 bridgehead atoms. The number of ether oxygens (including phenoxy) is 2. The Morgan fingerprint density at radius 3 is 2.95 bits per heavy atom. The van der Waals surface area contributed by atoms with Gasteiger partial charge in [-0.25, -0.2) is 0 Å². The standard InChI is InChI=1S/C16H23N3O2/c1-3-19-16(7-8-18-19)12-17-15-6-4-5-14(11-15)13-21-10-9-20-2/h4-8,11,17H,3,9-10,12-13H2,1-2H3. The van der Waals surface area contributed by atoms with Crippen LogP contribution in [-0.2, 0) is 29.2 Å². The average molecular weight is 289 g/mol. The molecule has 5 heteroatoms. The van der Waals surface area contributed by atoms with Gasteiger partial charge in [0.15, 0.2) is 0 Å². The molecule has 0 aliphatic heterocycles. The fourth-order valence-corrected chi connectivity index (χ4v) is 2.09. The smallest absolute Gasteiger partial charge is 0.0718 e. The van der Waals surface area contributed by atoms with Gasteiger partial charge in [0.05, 0.1) is 32.1 Å². The molecule has 0 atom stereocenters. The van der Waals surface area contributed by atoms with Crippen molar-refractivity contribution in [3.63, 3.8) is 0 Å². The van der Waals surface area contributed by atoms with Crippen LogP contribution in [0.4, 0.5) is 5.69 Å². The topological polar surface area (TPSA) is 48.3 Å². The zero-order chi connectivity index (χ0) is 14.9. The quantitative estimate of drug-likeness (QED) is 0.721. The van der Waals surface area contributed by atoms with Crippen LogP contribution in [0.15, 0.2) is 36.5 Å².